The maximum atomic E-state index is 13.3. The highest BCUT2D eigenvalue weighted by Gasteiger charge is 2.50. The average Bonchev–Trinajstić information content (AvgIpc) is 3.60. The molecule has 184 valence electrons. The number of carboxylic acids is 1. The summed E-state index contributed by atoms with van der Waals surface area (Å²) in [7, 11) is 1.52. The molecule has 1 saturated heterocycles. The number of amides is 2. The fourth-order valence-electron chi connectivity index (χ4n) is 5.81. The van der Waals surface area contributed by atoms with Crippen LogP contribution in [0.2, 0.25) is 0 Å². The van der Waals surface area contributed by atoms with Gasteiger partial charge in [-0.25, -0.2) is 9.59 Å². The minimum atomic E-state index is -1.35. The zero-order valence-corrected chi connectivity index (χ0v) is 19.7. The molecule has 8 heteroatoms. The molecule has 1 saturated carbocycles. The molecule has 8 nitrogen and oxygen atoms in total. The van der Waals surface area contributed by atoms with E-state index in [4.69, 9.17) is 9.47 Å². The molecular weight excluding hydrogens is 448 g/mol. The molecule has 2 fully saturated rings. The third-order valence-electron chi connectivity index (χ3n) is 7.85. The number of nitrogens with zero attached hydrogens (tertiary/aromatic N) is 1. The van der Waals surface area contributed by atoms with Crippen molar-refractivity contribution >= 4 is 18.0 Å². The number of benzene rings is 2. The van der Waals surface area contributed by atoms with Crippen LogP contribution in [0.15, 0.2) is 48.5 Å². The lowest BCUT2D eigenvalue weighted by molar-refractivity contribution is -0.159. The van der Waals surface area contributed by atoms with Gasteiger partial charge in [0.2, 0.25) is 5.91 Å². The van der Waals surface area contributed by atoms with Gasteiger partial charge in [-0.05, 0) is 35.1 Å². The van der Waals surface area contributed by atoms with Crippen LogP contribution in [-0.4, -0.2) is 66.4 Å². The van der Waals surface area contributed by atoms with E-state index < -0.39 is 29.6 Å². The van der Waals surface area contributed by atoms with Crippen molar-refractivity contribution in [1.82, 2.24) is 10.2 Å². The maximum absolute atomic E-state index is 13.3. The van der Waals surface area contributed by atoms with Gasteiger partial charge in [0.25, 0.3) is 0 Å². The van der Waals surface area contributed by atoms with E-state index in [0.29, 0.717) is 19.4 Å². The van der Waals surface area contributed by atoms with E-state index in [1.165, 1.54) is 11.9 Å². The summed E-state index contributed by atoms with van der Waals surface area (Å²) in [6.45, 7) is 0.475. The quantitative estimate of drug-likeness (QED) is 0.659. The Kier molecular flexibility index (Phi) is 6.23. The fourth-order valence-corrected chi connectivity index (χ4v) is 5.81. The monoisotopic (exact) mass is 478 g/mol. The van der Waals surface area contributed by atoms with Gasteiger partial charge >= 0.3 is 12.1 Å². The number of hydrogen-bond donors (Lipinski definition) is 2. The highest BCUT2D eigenvalue weighted by Crippen LogP contribution is 2.44. The van der Waals surface area contributed by atoms with Crippen molar-refractivity contribution in [3.8, 4) is 11.1 Å². The van der Waals surface area contributed by atoms with E-state index in [9.17, 15) is 19.5 Å². The molecule has 2 N–H and O–H groups in total. The van der Waals surface area contributed by atoms with Crippen LogP contribution in [0.4, 0.5) is 4.79 Å². The Morgan fingerprint density at radius 3 is 2.34 bits per heavy atom. The van der Waals surface area contributed by atoms with Crippen LogP contribution >= 0.6 is 0 Å². The molecule has 0 spiro atoms. The van der Waals surface area contributed by atoms with Crippen LogP contribution in [-0.2, 0) is 19.1 Å². The summed E-state index contributed by atoms with van der Waals surface area (Å²) in [6, 6.07) is 15.9. The zero-order valence-electron chi connectivity index (χ0n) is 19.7. The molecule has 3 atom stereocenters. The van der Waals surface area contributed by atoms with Gasteiger partial charge in [-0.3, -0.25) is 4.79 Å². The summed E-state index contributed by atoms with van der Waals surface area (Å²) in [5.74, 6) is -1.88. The van der Waals surface area contributed by atoms with E-state index in [0.717, 1.165) is 28.7 Å². The molecule has 2 amide bonds. The molecule has 2 aromatic rings. The largest absolute Gasteiger partial charge is 0.479 e. The second-order valence-electron chi connectivity index (χ2n) is 9.65. The number of likely N-dealkylation sites (N-methyl/N-ethyl adjacent to an activating group) is 1. The lowest BCUT2D eigenvalue weighted by atomic mass is 9.93. The normalized spacial score (nSPS) is 25.1. The lowest BCUT2D eigenvalue weighted by Crippen LogP contribution is -2.58. The van der Waals surface area contributed by atoms with Crippen LogP contribution < -0.4 is 5.32 Å². The molecule has 5 rings (SSSR count). The topological polar surface area (TPSA) is 105 Å². The molecule has 1 unspecified atom stereocenters. The van der Waals surface area contributed by atoms with Gasteiger partial charge in [-0.2, -0.15) is 0 Å². The minimum Gasteiger partial charge on any atom is -0.479 e. The molecule has 1 aliphatic heterocycles. The Balaban J connectivity index is 1.23. The number of alkyl carbamates (subject to hydrolysis) is 1. The summed E-state index contributed by atoms with van der Waals surface area (Å²) in [5, 5.41) is 12.7. The van der Waals surface area contributed by atoms with Crippen molar-refractivity contribution in [3.05, 3.63) is 59.7 Å². The van der Waals surface area contributed by atoms with E-state index in [2.05, 4.69) is 29.6 Å². The first kappa shape index (κ1) is 23.4. The van der Waals surface area contributed by atoms with Crippen LogP contribution in [0.25, 0.3) is 11.1 Å². The minimum absolute atomic E-state index is 0.0260. The number of aliphatic carboxylic acids is 1. The molecule has 3 aliphatic rings. The Hall–Kier alpha value is -3.39. The summed E-state index contributed by atoms with van der Waals surface area (Å²) in [6.07, 6.45) is 1.70. The molecule has 0 radical (unpaired) electrons. The van der Waals surface area contributed by atoms with Gasteiger partial charge in [0.1, 0.15) is 6.61 Å². The fraction of sp³-hybridized carbons (Fsp3) is 0.444. The van der Waals surface area contributed by atoms with E-state index in [-0.39, 0.29) is 31.5 Å². The first-order valence-corrected chi connectivity index (χ1v) is 12.1. The number of fused-ring (bicyclic) bond motifs is 3. The molecule has 35 heavy (non-hydrogen) atoms. The number of hydrogen-bond acceptors (Lipinski definition) is 5. The van der Waals surface area contributed by atoms with Crippen LogP contribution in [0.5, 0.6) is 0 Å². The summed E-state index contributed by atoms with van der Waals surface area (Å²) in [5.41, 5.74) is 3.23. The molecule has 2 aromatic carbocycles. The van der Waals surface area contributed by atoms with Crippen molar-refractivity contribution < 1.29 is 29.0 Å². The van der Waals surface area contributed by atoms with Crippen molar-refractivity contribution in [1.29, 1.82) is 0 Å². The Bertz CT molecular complexity index is 1100. The van der Waals surface area contributed by atoms with Crippen LogP contribution in [0.1, 0.15) is 42.7 Å². The third-order valence-corrected chi connectivity index (χ3v) is 7.85. The van der Waals surface area contributed by atoms with Gasteiger partial charge in [-0.15, -0.1) is 0 Å². The molecular formula is C27H30N2O6. The SMILES string of the molecule is CN(C(=O)[C@H]1CCC[C@H]1NC(=O)OCC1c2ccccc2-c2ccccc21)C1(C(=O)O)CCOC1. The van der Waals surface area contributed by atoms with E-state index >= 15 is 0 Å². The first-order valence-electron chi connectivity index (χ1n) is 12.1. The third kappa shape index (κ3) is 4.05. The molecule has 0 bridgehead atoms. The second kappa shape index (κ2) is 9.34. The lowest BCUT2D eigenvalue weighted by Gasteiger charge is -2.36. The standard InChI is InChI=1S/C27H30N2O6/c1-29(27(25(31)32)13-14-34-16-27)24(30)21-11-6-12-23(21)28-26(33)35-15-22-19-9-4-2-7-17(19)18-8-3-5-10-20(18)22/h2-5,7-10,21-23H,6,11-16H2,1H3,(H,28,33)(H,31,32)/t21-,23+,27?/m0/s1. The highest BCUT2D eigenvalue weighted by atomic mass is 16.5. The Morgan fingerprint density at radius 2 is 1.74 bits per heavy atom. The van der Waals surface area contributed by atoms with Gasteiger partial charge in [-0.1, -0.05) is 55.0 Å². The maximum Gasteiger partial charge on any atom is 0.407 e. The smallest absolute Gasteiger partial charge is 0.407 e. The van der Waals surface area contributed by atoms with Crippen molar-refractivity contribution in [2.75, 3.05) is 26.9 Å². The number of carbonyl (C=O) groups is 3. The summed E-state index contributed by atoms with van der Waals surface area (Å²) in [4.78, 5) is 39.3. The highest BCUT2D eigenvalue weighted by molar-refractivity contribution is 5.89. The van der Waals surface area contributed by atoms with E-state index in [1.807, 2.05) is 24.3 Å². The predicted molar refractivity (Wildman–Crippen MR) is 128 cm³/mol. The van der Waals surface area contributed by atoms with Gasteiger partial charge < -0.3 is 24.8 Å². The van der Waals surface area contributed by atoms with Crippen molar-refractivity contribution in [2.24, 2.45) is 5.92 Å². The second-order valence-corrected chi connectivity index (χ2v) is 9.65. The number of rotatable bonds is 6. The van der Waals surface area contributed by atoms with E-state index in [1.54, 1.807) is 0 Å². The summed E-state index contributed by atoms with van der Waals surface area (Å²) >= 11 is 0. The van der Waals surface area contributed by atoms with Crippen LogP contribution in [0, 0.1) is 5.92 Å². The Labute approximate surface area is 204 Å². The van der Waals surface area contributed by atoms with Crippen molar-refractivity contribution in [3.63, 3.8) is 0 Å². The van der Waals surface area contributed by atoms with Crippen LogP contribution in [0.3, 0.4) is 0 Å². The molecule has 2 aliphatic carbocycles. The number of carboxylic acid groups (broad SMARTS) is 1. The number of nitrogens with one attached hydrogen (secondary N) is 1. The average molecular weight is 479 g/mol. The molecule has 0 aromatic heterocycles. The van der Waals surface area contributed by atoms with Crippen molar-refractivity contribution in [2.45, 2.75) is 43.2 Å². The number of ether oxygens (including phenoxy) is 2. The van der Waals surface area contributed by atoms with Gasteiger partial charge in [0.15, 0.2) is 5.54 Å². The predicted octanol–water partition coefficient (Wildman–Crippen LogP) is 3.40. The molecule has 1 heterocycles. The van der Waals surface area contributed by atoms with Gasteiger partial charge in [0, 0.05) is 32.0 Å². The zero-order chi connectivity index (χ0) is 24.6. The van der Waals surface area contributed by atoms with Gasteiger partial charge in [0.05, 0.1) is 12.5 Å². The first-order chi connectivity index (χ1) is 16.9. The number of carbonyl (C=O) groups excluding carboxylic acids is 2. The summed E-state index contributed by atoms with van der Waals surface area (Å²) < 4.78 is 11.0. The Morgan fingerprint density at radius 1 is 1.09 bits per heavy atom.